The molecule has 0 bridgehead atoms. The summed E-state index contributed by atoms with van der Waals surface area (Å²) in [4.78, 5) is 12.7. The summed E-state index contributed by atoms with van der Waals surface area (Å²) in [7, 11) is 0. The van der Waals surface area contributed by atoms with Crippen molar-refractivity contribution in [2.45, 2.75) is 33.2 Å². The maximum atomic E-state index is 12.7. The predicted octanol–water partition coefficient (Wildman–Crippen LogP) is 3.37. The normalized spacial score (nSPS) is 13.8. The molecule has 0 saturated carbocycles. The molecule has 0 spiro atoms. The molecule has 1 aliphatic heterocycles. The van der Waals surface area contributed by atoms with Crippen molar-refractivity contribution in [3.05, 3.63) is 69.8 Å². The lowest BCUT2D eigenvalue weighted by atomic mass is 9.91. The standard InChI is InChI=1S/C19H21NO/c1-13-8-14(2)10-15(9-13)11-19(21)18-5-3-4-16-12-20-7-6-17(16)18/h3-5,8-10,20H,6-7,11-12H2,1-2H3. The van der Waals surface area contributed by atoms with Crippen molar-refractivity contribution < 1.29 is 4.79 Å². The lowest BCUT2D eigenvalue weighted by Crippen LogP contribution is -2.25. The molecular formula is C19H21NO. The van der Waals surface area contributed by atoms with Crippen LogP contribution in [0.2, 0.25) is 0 Å². The minimum atomic E-state index is 0.235. The first kappa shape index (κ1) is 14.0. The molecule has 0 amide bonds. The molecule has 2 heteroatoms. The molecule has 1 aliphatic rings. The third-order valence-electron chi connectivity index (χ3n) is 4.09. The molecule has 0 aliphatic carbocycles. The van der Waals surface area contributed by atoms with E-state index in [1.54, 1.807) is 0 Å². The maximum absolute atomic E-state index is 12.7. The molecular weight excluding hydrogens is 258 g/mol. The number of nitrogens with one attached hydrogen (secondary N) is 1. The minimum Gasteiger partial charge on any atom is -0.312 e. The summed E-state index contributed by atoms with van der Waals surface area (Å²) in [6.45, 7) is 5.99. The van der Waals surface area contributed by atoms with Crippen molar-refractivity contribution in [1.29, 1.82) is 0 Å². The summed E-state index contributed by atoms with van der Waals surface area (Å²) in [5.74, 6) is 0.235. The average molecular weight is 279 g/mol. The number of fused-ring (bicyclic) bond motifs is 1. The Morgan fingerprint density at radius 3 is 2.67 bits per heavy atom. The second-order valence-electron chi connectivity index (χ2n) is 5.97. The molecule has 0 unspecified atom stereocenters. The van der Waals surface area contributed by atoms with E-state index in [9.17, 15) is 4.79 Å². The monoisotopic (exact) mass is 279 g/mol. The third kappa shape index (κ3) is 3.06. The molecule has 0 aromatic heterocycles. The molecule has 2 aromatic carbocycles. The lowest BCUT2D eigenvalue weighted by Gasteiger charge is -2.19. The molecule has 0 radical (unpaired) electrons. The SMILES string of the molecule is Cc1cc(C)cc(CC(=O)c2cccc3c2CCNC3)c1. The Morgan fingerprint density at radius 2 is 1.90 bits per heavy atom. The number of benzene rings is 2. The van der Waals surface area contributed by atoms with E-state index in [1.165, 1.54) is 22.3 Å². The zero-order chi connectivity index (χ0) is 14.8. The number of carbonyl (C=O) groups is 1. The van der Waals surface area contributed by atoms with Crippen LogP contribution in [0.1, 0.15) is 38.2 Å². The van der Waals surface area contributed by atoms with Crippen molar-refractivity contribution in [3.8, 4) is 0 Å². The predicted molar refractivity (Wildman–Crippen MR) is 85.8 cm³/mol. The van der Waals surface area contributed by atoms with Gasteiger partial charge in [0.2, 0.25) is 0 Å². The van der Waals surface area contributed by atoms with E-state index in [2.05, 4.69) is 43.4 Å². The maximum Gasteiger partial charge on any atom is 0.167 e. The molecule has 21 heavy (non-hydrogen) atoms. The first-order valence-corrected chi connectivity index (χ1v) is 7.55. The Kier molecular flexibility index (Phi) is 3.89. The van der Waals surface area contributed by atoms with E-state index in [1.807, 2.05) is 12.1 Å². The number of hydrogen-bond acceptors (Lipinski definition) is 2. The second kappa shape index (κ2) is 5.82. The Morgan fingerprint density at radius 1 is 1.14 bits per heavy atom. The highest BCUT2D eigenvalue weighted by Crippen LogP contribution is 2.21. The van der Waals surface area contributed by atoms with E-state index in [-0.39, 0.29) is 5.78 Å². The highest BCUT2D eigenvalue weighted by atomic mass is 16.1. The summed E-state index contributed by atoms with van der Waals surface area (Å²) in [6.07, 6.45) is 1.44. The van der Waals surface area contributed by atoms with Crippen molar-refractivity contribution in [2.75, 3.05) is 6.54 Å². The van der Waals surface area contributed by atoms with Gasteiger partial charge in [0.1, 0.15) is 0 Å². The number of aryl methyl sites for hydroxylation is 2. The molecule has 0 saturated heterocycles. The first-order chi connectivity index (χ1) is 10.1. The number of carbonyl (C=O) groups excluding carboxylic acids is 1. The van der Waals surface area contributed by atoms with Gasteiger partial charge in [0.05, 0.1) is 0 Å². The number of hydrogen-bond donors (Lipinski definition) is 1. The highest BCUT2D eigenvalue weighted by molar-refractivity contribution is 5.99. The van der Waals surface area contributed by atoms with Gasteiger partial charge in [-0.05, 0) is 43.5 Å². The molecule has 1 heterocycles. The van der Waals surface area contributed by atoms with Crippen LogP contribution in [0.5, 0.6) is 0 Å². The van der Waals surface area contributed by atoms with E-state index in [4.69, 9.17) is 0 Å². The average Bonchev–Trinajstić information content (AvgIpc) is 2.45. The van der Waals surface area contributed by atoms with Crippen LogP contribution >= 0.6 is 0 Å². The summed E-state index contributed by atoms with van der Waals surface area (Å²) < 4.78 is 0. The smallest absolute Gasteiger partial charge is 0.167 e. The first-order valence-electron chi connectivity index (χ1n) is 7.55. The van der Waals surface area contributed by atoms with Crippen LogP contribution in [0.15, 0.2) is 36.4 Å². The van der Waals surface area contributed by atoms with E-state index < -0.39 is 0 Å². The lowest BCUT2D eigenvalue weighted by molar-refractivity contribution is 0.0992. The fourth-order valence-corrected chi connectivity index (χ4v) is 3.24. The fourth-order valence-electron chi connectivity index (χ4n) is 3.24. The molecule has 2 nitrogen and oxygen atoms in total. The van der Waals surface area contributed by atoms with Crippen molar-refractivity contribution in [1.82, 2.24) is 5.32 Å². The summed E-state index contributed by atoms with van der Waals surface area (Å²) >= 11 is 0. The number of rotatable bonds is 3. The summed E-state index contributed by atoms with van der Waals surface area (Å²) in [6, 6.07) is 12.5. The van der Waals surface area contributed by atoms with Gasteiger partial charge in [-0.1, -0.05) is 47.5 Å². The van der Waals surface area contributed by atoms with Gasteiger partial charge in [0, 0.05) is 18.5 Å². The number of Topliss-reactive ketones (excluding diaryl/α,β-unsaturated/α-hetero) is 1. The van der Waals surface area contributed by atoms with Crippen molar-refractivity contribution >= 4 is 5.78 Å². The van der Waals surface area contributed by atoms with Gasteiger partial charge < -0.3 is 5.32 Å². The Labute approximate surface area is 126 Å². The third-order valence-corrected chi connectivity index (χ3v) is 4.09. The minimum absolute atomic E-state index is 0.235. The van der Waals surface area contributed by atoms with E-state index in [0.29, 0.717) is 6.42 Å². The van der Waals surface area contributed by atoms with Crippen molar-refractivity contribution in [2.24, 2.45) is 0 Å². The van der Waals surface area contributed by atoms with Crippen LogP contribution < -0.4 is 5.32 Å². The highest BCUT2D eigenvalue weighted by Gasteiger charge is 2.17. The number of ketones is 1. The van der Waals surface area contributed by atoms with Gasteiger partial charge in [-0.3, -0.25) is 4.79 Å². The van der Waals surface area contributed by atoms with Gasteiger partial charge in [0.25, 0.3) is 0 Å². The topological polar surface area (TPSA) is 29.1 Å². The molecule has 0 fully saturated rings. The Balaban J connectivity index is 1.89. The van der Waals surface area contributed by atoms with Gasteiger partial charge in [-0.2, -0.15) is 0 Å². The summed E-state index contributed by atoms with van der Waals surface area (Å²) in [5.41, 5.74) is 6.98. The largest absolute Gasteiger partial charge is 0.312 e. The molecule has 0 atom stereocenters. The molecule has 2 aromatic rings. The quantitative estimate of drug-likeness (QED) is 0.873. The Hall–Kier alpha value is -1.93. The molecule has 3 rings (SSSR count). The van der Waals surface area contributed by atoms with E-state index >= 15 is 0 Å². The second-order valence-corrected chi connectivity index (χ2v) is 5.97. The van der Waals surface area contributed by atoms with Crippen LogP contribution in [0.25, 0.3) is 0 Å². The van der Waals surface area contributed by atoms with Gasteiger partial charge in [-0.15, -0.1) is 0 Å². The van der Waals surface area contributed by atoms with Crippen LogP contribution in [0.4, 0.5) is 0 Å². The van der Waals surface area contributed by atoms with Gasteiger partial charge >= 0.3 is 0 Å². The zero-order valence-corrected chi connectivity index (χ0v) is 12.7. The van der Waals surface area contributed by atoms with Gasteiger partial charge in [-0.25, -0.2) is 0 Å². The molecule has 1 N–H and O–H groups in total. The van der Waals surface area contributed by atoms with Crippen LogP contribution in [-0.2, 0) is 19.4 Å². The molecule has 108 valence electrons. The zero-order valence-electron chi connectivity index (χ0n) is 12.7. The summed E-state index contributed by atoms with van der Waals surface area (Å²) in [5, 5.41) is 3.36. The van der Waals surface area contributed by atoms with Crippen molar-refractivity contribution in [3.63, 3.8) is 0 Å². The fraction of sp³-hybridized carbons (Fsp3) is 0.316. The van der Waals surface area contributed by atoms with Crippen LogP contribution in [0.3, 0.4) is 0 Å². The van der Waals surface area contributed by atoms with Crippen LogP contribution in [-0.4, -0.2) is 12.3 Å². The van der Waals surface area contributed by atoms with E-state index in [0.717, 1.165) is 30.6 Å². The van der Waals surface area contributed by atoms with Crippen LogP contribution in [0, 0.1) is 13.8 Å². The Bertz CT molecular complexity index is 668. The van der Waals surface area contributed by atoms with Gasteiger partial charge in [0.15, 0.2) is 5.78 Å².